The molecule has 0 saturated carbocycles. The molecule has 0 bridgehead atoms. The number of hydrogen-bond donors (Lipinski definition) is 2. The van der Waals surface area contributed by atoms with Crippen molar-refractivity contribution < 1.29 is 9.84 Å². The van der Waals surface area contributed by atoms with Crippen LogP contribution in [0.3, 0.4) is 0 Å². The van der Waals surface area contributed by atoms with Gasteiger partial charge in [-0.15, -0.1) is 11.3 Å². The van der Waals surface area contributed by atoms with Crippen LogP contribution in [0.15, 0.2) is 35.4 Å². The normalized spacial score (nSPS) is 16.0. The van der Waals surface area contributed by atoms with Gasteiger partial charge in [-0.05, 0) is 25.5 Å². The summed E-state index contributed by atoms with van der Waals surface area (Å²) in [6.07, 6.45) is 0.926. The number of benzene rings is 1. The van der Waals surface area contributed by atoms with Gasteiger partial charge in [-0.3, -0.25) is 5.41 Å². The number of ether oxygens (including phenoxy) is 1. The van der Waals surface area contributed by atoms with Gasteiger partial charge >= 0.3 is 0 Å². The molecule has 1 aliphatic rings. The van der Waals surface area contributed by atoms with E-state index in [4.69, 9.17) is 10.1 Å². The minimum Gasteiger partial charge on any atom is -0.510 e. The zero-order valence-corrected chi connectivity index (χ0v) is 14.9. The number of aliphatic hydroxyl groups is 1. The monoisotopic (exact) mass is 343 g/mol. The first-order valence-electron chi connectivity index (χ1n) is 7.93. The van der Waals surface area contributed by atoms with Crippen molar-refractivity contribution in [1.29, 1.82) is 5.41 Å². The Morgan fingerprint density at radius 2 is 2.25 bits per heavy atom. The SMILES string of the molecule is CC[C@@H](C)N1CC(O)=C(c2nc(-c3cccc(OC)c3)cs2)C1=N. The highest BCUT2D eigenvalue weighted by Gasteiger charge is 2.32. The lowest BCUT2D eigenvalue weighted by atomic mass is 10.1. The van der Waals surface area contributed by atoms with Gasteiger partial charge in [0.25, 0.3) is 0 Å². The van der Waals surface area contributed by atoms with Crippen LogP contribution in [0.4, 0.5) is 0 Å². The Balaban J connectivity index is 1.90. The molecule has 1 atom stereocenters. The summed E-state index contributed by atoms with van der Waals surface area (Å²) in [4.78, 5) is 6.55. The van der Waals surface area contributed by atoms with Crippen LogP contribution in [0.1, 0.15) is 25.3 Å². The van der Waals surface area contributed by atoms with Gasteiger partial charge in [0.1, 0.15) is 22.4 Å². The largest absolute Gasteiger partial charge is 0.510 e. The molecule has 0 unspecified atom stereocenters. The van der Waals surface area contributed by atoms with Crippen molar-refractivity contribution in [2.75, 3.05) is 13.7 Å². The fraction of sp³-hybridized carbons (Fsp3) is 0.333. The van der Waals surface area contributed by atoms with Crippen molar-refractivity contribution in [3.63, 3.8) is 0 Å². The van der Waals surface area contributed by atoms with Crippen LogP contribution in [0.5, 0.6) is 5.75 Å². The molecule has 3 rings (SSSR count). The van der Waals surface area contributed by atoms with Crippen molar-refractivity contribution >= 4 is 22.7 Å². The van der Waals surface area contributed by atoms with E-state index < -0.39 is 0 Å². The van der Waals surface area contributed by atoms with Crippen molar-refractivity contribution in [3.8, 4) is 17.0 Å². The van der Waals surface area contributed by atoms with Crippen LogP contribution in [0.2, 0.25) is 0 Å². The molecule has 2 heterocycles. The summed E-state index contributed by atoms with van der Waals surface area (Å²) in [5.74, 6) is 1.36. The smallest absolute Gasteiger partial charge is 0.135 e. The number of rotatable bonds is 5. The first-order valence-corrected chi connectivity index (χ1v) is 8.81. The number of thiazole rings is 1. The molecular weight excluding hydrogens is 322 g/mol. The van der Waals surface area contributed by atoms with Crippen LogP contribution in [0, 0.1) is 5.41 Å². The molecule has 0 saturated heterocycles. The molecule has 126 valence electrons. The Morgan fingerprint density at radius 3 is 2.96 bits per heavy atom. The predicted octanol–water partition coefficient (Wildman–Crippen LogP) is 4.18. The Hall–Kier alpha value is -2.34. The molecule has 1 aromatic carbocycles. The van der Waals surface area contributed by atoms with E-state index in [0.717, 1.165) is 23.4 Å². The van der Waals surface area contributed by atoms with E-state index in [9.17, 15) is 5.11 Å². The number of methoxy groups -OCH3 is 1. The highest BCUT2D eigenvalue weighted by Crippen LogP contribution is 2.33. The summed E-state index contributed by atoms with van der Waals surface area (Å²) in [5, 5.41) is 21.4. The first-order chi connectivity index (χ1) is 11.5. The van der Waals surface area contributed by atoms with Gasteiger partial charge in [-0.25, -0.2) is 4.98 Å². The van der Waals surface area contributed by atoms with Crippen LogP contribution < -0.4 is 4.74 Å². The number of aliphatic hydroxyl groups excluding tert-OH is 1. The number of amidine groups is 1. The Labute approximate surface area is 145 Å². The lowest BCUT2D eigenvalue weighted by molar-refractivity contribution is 0.301. The molecule has 0 radical (unpaired) electrons. The molecule has 1 aromatic heterocycles. The average Bonchev–Trinajstić information content (AvgIpc) is 3.18. The maximum Gasteiger partial charge on any atom is 0.135 e. The van der Waals surface area contributed by atoms with Crippen LogP contribution in [-0.4, -0.2) is 40.5 Å². The third kappa shape index (κ3) is 2.89. The zero-order chi connectivity index (χ0) is 17.3. The standard InChI is InChI=1S/C18H21N3O2S/c1-4-11(2)21-9-15(22)16(17(21)19)18-20-14(10-24-18)12-6-5-7-13(8-12)23-3/h5-8,10-11,19,22H,4,9H2,1-3H3/t11-/m1/s1. The lowest BCUT2D eigenvalue weighted by Gasteiger charge is -2.25. The number of nitrogens with one attached hydrogen (secondary N) is 1. The van der Waals surface area contributed by atoms with Crippen molar-refractivity contribution in [3.05, 3.63) is 40.4 Å². The maximum atomic E-state index is 10.3. The molecule has 2 N–H and O–H groups in total. The van der Waals surface area contributed by atoms with E-state index in [1.54, 1.807) is 7.11 Å². The summed E-state index contributed by atoms with van der Waals surface area (Å²) in [6, 6.07) is 7.93. The molecule has 0 amide bonds. The summed E-state index contributed by atoms with van der Waals surface area (Å²) in [7, 11) is 1.64. The molecule has 0 aliphatic carbocycles. The van der Waals surface area contributed by atoms with Gasteiger partial charge in [0, 0.05) is 17.0 Å². The highest BCUT2D eigenvalue weighted by molar-refractivity contribution is 7.11. The molecule has 2 aromatic rings. The van der Waals surface area contributed by atoms with Gasteiger partial charge < -0.3 is 14.7 Å². The van der Waals surface area contributed by atoms with Gasteiger partial charge in [-0.1, -0.05) is 19.1 Å². The second-order valence-corrected chi connectivity index (χ2v) is 6.68. The molecule has 5 nitrogen and oxygen atoms in total. The van der Waals surface area contributed by atoms with Crippen LogP contribution in [0.25, 0.3) is 16.8 Å². The van der Waals surface area contributed by atoms with E-state index in [1.165, 1.54) is 11.3 Å². The quantitative estimate of drug-likeness (QED) is 0.854. The minimum atomic E-state index is 0.218. The molecule has 24 heavy (non-hydrogen) atoms. The Morgan fingerprint density at radius 1 is 1.46 bits per heavy atom. The highest BCUT2D eigenvalue weighted by atomic mass is 32.1. The second kappa shape index (κ2) is 6.65. The predicted molar refractivity (Wildman–Crippen MR) is 97.8 cm³/mol. The van der Waals surface area contributed by atoms with Crippen molar-refractivity contribution in [2.24, 2.45) is 0 Å². The summed E-state index contributed by atoms with van der Waals surface area (Å²) < 4.78 is 5.26. The zero-order valence-electron chi connectivity index (χ0n) is 14.0. The maximum absolute atomic E-state index is 10.3. The van der Waals surface area contributed by atoms with Crippen LogP contribution >= 0.6 is 11.3 Å². The lowest BCUT2D eigenvalue weighted by Crippen LogP contribution is -2.34. The van der Waals surface area contributed by atoms with Gasteiger partial charge in [0.15, 0.2) is 0 Å². The summed E-state index contributed by atoms with van der Waals surface area (Å²) in [5.41, 5.74) is 2.33. The molecule has 0 spiro atoms. The number of aromatic nitrogens is 1. The van der Waals surface area contributed by atoms with E-state index in [-0.39, 0.29) is 11.8 Å². The van der Waals surface area contributed by atoms with Gasteiger partial charge in [0.2, 0.25) is 0 Å². The van der Waals surface area contributed by atoms with Crippen molar-refractivity contribution in [1.82, 2.24) is 9.88 Å². The third-order valence-corrected chi connectivity index (χ3v) is 5.20. The molecule has 6 heteroatoms. The van der Waals surface area contributed by atoms with Gasteiger partial charge in [-0.2, -0.15) is 0 Å². The van der Waals surface area contributed by atoms with Gasteiger partial charge in [0.05, 0.1) is 24.9 Å². The first kappa shape index (κ1) is 16.5. The van der Waals surface area contributed by atoms with E-state index in [2.05, 4.69) is 18.8 Å². The van der Waals surface area contributed by atoms with E-state index in [1.807, 2.05) is 34.5 Å². The van der Waals surface area contributed by atoms with E-state index in [0.29, 0.717) is 23.0 Å². The second-order valence-electron chi connectivity index (χ2n) is 5.83. The summed E-state index contributed by atoms with van der Waals surface area (Å²) >= 11 is 1.45. The number of hydrogen-bond acceptors (Lipinski definition) is 5. The third-order valence-electron chi connectivity index (χ3n) is 4.34. The van der Waals surface area contributed by atoms with Crippen LogP contribution in [-0.2, 0) is 0 Å². The fourth-order valence-corrected chi connectivity index (χ4v) is 3.62. The minimum absolute atomic E-state index is 0.218. The Bertz CT molecular complexity index is 797. The Kier molecular flexibility index (Phi) is 4.57. The molecular formula is C18H21N3O2S. The number of nitrogens with zero attached hydrogens (tertiary/aromatic N) is 2. The topological polar surface area (TPSA) is 69.4 Å². The van der Waals surface area contributed by atoms with Crippen molar-refractivity contribution in [2.45, 2.75) is 26.3 Å². The summed E-state index contributed by atoms with van der Waals surface area (Å²) in [6.45, 7) is 4.53. The fourth-order valence-electron chi connectivity index (χ4n) is 2.72. The van der Waals surface area contributed by atoms with E-state index >= 15 is 0 Å². The average molecular weight is 343 g/mol. The molecule has 1 aliphatic heterocycles. The molecule has 0 fully saturated rings.